The third-order valence-electron chi connectivity index (χ3n) is 6.29. The summed E-state index contributed by atoms with van der Waals surface area (Å²) < 4.78 is 33.8. The summed E-state index contributed by atoms with van der Waals surface area (Å²) in [6.45, 7) is 3.63. The minimum absolute atomic E-state index is 0.0447. The maximum Gasteiger partial charge on any atom is 0.264 e. The number of anilines is 1. The van der Waals surface area contributed by atoms with Gasteiger partial charge in [-0.15, -0.1) is 0 Å². The molecule has 40 heavy (non-hydrogen) atoms. The number of benzene rings is 3. The molecule has 0 aliphatic rings. The van der Waals surface area contributed by atoms with E-state index in [0.29, 0.717) is 22.3 Å². The van der Waals surface area contributed by atoms with Gasteiger partial charge in [0.1, 0.15) is 18.3 Å². The molecule has 0 radical (unpaired) electrons. The van der Waals surface area contributed by atoms with Crippen molar-refractivity contribution in [2.75, 3.05) is 24.5 Å². The second-order valence-electron chi connectivity index (χ2n) is 9.14. The van der Waals surface area contributed by atoms with Crippen LogP contribution in [0.1, 0.15) is 32.3 Å². The summed E-state index contributed by atoms with van der Waals surface area (Å²) in [6.07, 6.45) is 1.70. The molecular formula is C29H33Cl2N3O5S. The summed E-state index contributed by atoms with van der Waals surface area (Å²) in [7, 11) is -2.66. The number of hydrogen-bond donors (Lipinski definition) is 1. The number of rotatable bonds is 13. The molecule has 11 heteroatoms. The number of sulfonamides is 1. The predicted molar refractivity (Wildman–Crippen MR) is 158 cm³/mol. The van der Waals surface area contributed by atoms with E-state index in [4.69, 9.17) is 27.9 Å². The number of halogens is 2. The number of nitrogens with one attached hydrogen (secondary N) is 1. The molecule has 0 saturated carbocycles. The van der Waals surface area contributed by atoms with Crippen LogP contribution in [0, 0.1) is 0 Å². The van der Waals surface area contributed by atoms with E-state index in [0.717, 1.165) is 22.7 Å². The molecule has 0 spiro atoms. The lowest BCUT2D eigenvalue weighted by Crippen LogP contribution is -2.51. The molecule has 8 nitrogen and oxygen atoms in total. The van der Waals surface area contributed by atoms with Gasteiger partial charge in [-0.3, -0.25) is 13.9 Å². The molecule has 3 aromatic rings. The normalized spacial score (nSPS) is 11.9. The first kappa shape index (κ1) is 31.3. The zero-order valence-electron chi connectivity index (χ0n) is 22.6. The highest BCUT2D eigenvalue weighted by Gasteiger charge is 2.32. The summed E-state index contributed by atoms with van der Waals surface area (Å²) >= 11 is 12.2. The van der Waals surface area contributed by atoms with Crippen molar-refractivity contribution < 1.29 is 22.7 Å². The number of carbonyl (C=O) groups is 2. The Hall–Kier alpha value is -3.27. The first-order valence-corrected chi connectivity index (χ1v) is 15.0. The molecule has 0 saturated heterocycles. The SMILES string of the molecule is CCCCNC(=O)[C@H](C)N(Cc1ccc(OC)cc1)C(=O)CN(c1cccc(Cl)c1)S(=O)(=O)c1ccc(Cl)cc1. The fraction of sp³-hybridized carbons (Fsp3) is 0.310. The smallest absolute Gasteiger partial charge is 0.264 e. The summed E-state index contributed by atoms with van der Waals surface area (Å²) in [5.74, 6) is -0.246. The summed E-state index contributed by atoms with van der Waals surface area (Å²) in [4.78, 5) is 28.3. The molecule has 0 aliphatic heterocycles. The van der Waals surface area contributed by atoms with Crippen LogP contribution in [-0.4, -0.2) is 51.4 Å². The van der Waals surface area contributed by atoms with Crippen LogP contribution in [0.4, 0.5) is 5.69 Å². The monoisotopic (exact) mass is 605 g/mol. The van der Waals surface area contributed by atoms with E-state index in [9.17, 15) is 18.0 Å². The molecule has 3 rings (SSSR count). The van der Waals surface area contributed by atoms with Gasteiger partial charge in [0.25, 0.3) is 10.0 Å². The van der Waals surface area contributed by atoms with Crippen LogP contribution in [0.3, 0.4) is 0 Å². The van der Waals surface area contributed by atoms with E-state index in [-0.39, 0.29) is 23.0 Å². The molecule has 0 aliphatic carbocycles. The van der Waals surface area contributed by atoms with Crippen LogP contribution in [-0.2, 0) is 26.2 Å². The second-order valence-corrected chi connectivity index (χ2v) is 11.9. The number of methoxy groups -OCH3 is 1. The number of unbranched alkanes of at least 4 members (excludes halogenated alkanes) is 1. The Morgan fingerprint density at radius 2 is 1.65 bits per heavy atom. The second kappa shape index (κ2) is 14.4. The average molecular weight is 607 g/mol. The highest BCUT2D eigenvalue weighted by atomic mass is 35.5. The molecule has 0 heterocycles. The summed E-state index contributed by atoms with van der Waals surface area (Å²) in [5.41, 5.74) is 0.956. The number of nitrogens with zero attached hydrogens (tertiary/aromatic N) is 2. The van der Waals surface area contributed by atoms with E-state index >= 15 is 0 Å². The number of amides is 2. The third kappa shape index (κ3) is 8.13. The van der Waals surface area contributed by atoms with Gasteiger partial charge in [-0.05, 0) is 73.5 Å². The molecule has 0 aromatic heterocycles. The van der Waals surface area contributed by atoms with Crippen molar-refractivity contribution in [1.29, 1.82) is 0 Å². The Balaban J connectivity index is 1.99. The Kier molecular flexibility index (Phi) is 11.2. The lowest BCUT2D eigenvalue weighted by molar-refractivity contribution is -0.139. The first-order valence-electron chi connectivity index (χ1n) is 12.8. The maximum atomic E-state index is 13.9. The zero-order valence-corrected chi connectivity index (χ0v) is 25.0. The molecule has 2 amide bonds. The number of hydrogen-bond acceptors (Lipinski definition) is 5. The standard InChI is InChI=1S/C29H33Cl2N3O5S/c1-4-5-17-32-29(36)21(2)33(19-22-9-13-26(39-3)14-10-22)28(35)20-34(25-8-6-7-24(31)18-25)40(37,38)27-15-11-23(30)12-16-27/h6-16,18,21H,4-5,17,19-20H2,1-3H3,(H,32,36)/t21-/m0/s1. The molecule has 1 atom stereocenters. The van der Waals surface area contributed by atoms with Gasteiger partial charge in [0, 0.05) is 23.1 Å². The average Bonchev–Trinajstić information content (AvgIpc) is 2.94. The van der Waals surface area contributed by atoms with Crippen molar-refractivity contribution in [2.45, 2.75) is 44.2 Å². The topological polar surface area (TPSA) is 96.0 Å². The minimum Gasteiger partial charge on any atom is -0.497 e. The number of carbonyl (C=O) groups excluding carboxylic acids is 2. The van der Waals surface area contributed by atoms with Crippen LogP contribution in [0.25, 0.3) is 0 Å². The molecule has 1 N–H and O–H groups in total. The summed E-state index contributed by atoms with van der Waals surface area (Å²) in [6, 6.07) is 18.1. The molecular weight excluding hydrogens is 573 g/mol. The third-order valence-corrected chi connectivity index (χ3v) is 8.56. The van der Waals surface area contributed by atoms with Gasteiger partial charge in [-0.25, -0.2) is 8.42 Å². The van der Waals surface area contributed by atoms with Gasteiger partial charge in [0.2, 0.25) is 11.8 Å². The molecule has 214 valence electrons. The predicted octanol–water partition coefficient (Wildman–Crippen LogP) is 5.53. The largest absolute Gasteiger partial charge is 0.497 e. The first-order chi connectivity index (χ1) is 19.1. The van der Waals surface area contributed by atoms with Crippen LogP contribution in [0.5, 0.6) is 5.75 Å². The van der Waals surface area contributed by atoms with Crippen molar-refractivity contribution in [3.05, 3.63) is 88.4 Å². The minimum atomic E-state index is -4.21. The Bertz CT molecular complexity index is 1400. The lowest BCUT2D eigenvalue weighted by atomic mass is 10.1. The molecule has 0 unspecified atom stereocenters. The maximum absolute atomic E-state index is 13.9. The van der Waals surface area contributed by atoms with Gasteiger partial charge < -0.3 is 15.0 Å². The van der Waals surface area contributed by atoms with Crippen LogP contribution < -0.4 is 14.4 Å². The Labute approximate surface area is 245 Å². The van der Waals surface area contributed by atoms with E-state index in [1.807, 2.05) is 6.92 Å². The van der Waals surface area contributed by atoms with Gasteiger partial charge in [0.15, 0.2) is 0 Å². The Morgan fingerprint density at radius 3 is 2.25 bits per heavy atom. The molecule has 0 bridgehead atoms. The quantitative estimate of drug-likeness (QED) is 0.258. The van der Waals surface area contributed by atoms with E-state index < -0.39 is 28.5 Å². The lowest BCUT2D eigenvalue weighted by Gasteiger charge is -2.32. The molecule has 0 fully saturated rings. The van der Waals surface area contributed by atoms with Gasteiger partial charge in [-0.2, -0.15) is 0 Å². The molecule has 3 aromatic carbocycles. The van der Waals surface area contributed by atoms with E-state index in [1.54, 1.807) is 56.5 Å². The number of ether oxygens (including phenoxy) is 1. The van der Waals surface area contributed by atoms with Crippen LogP contribution >= 0.6 is 23.2 Å². The Morgan fingerprint density at radius 1 is 0.975 bits per heavy atom. The van der Waals surface area contributed by atoms with Gasteiger partial charge in [0.05, 0.1) is 17.7 Å². The van der Waals surface area contributed by atoms with Crippen molar-refractivity contribution in [3.63, 3.8) is 0 Å². The fourth-order valence-corrected chi connectivity index (χ4v) is 5.66. The van der Waals surface area contributed by atoms with E-state index in [1.165, 1.54) is 35.2 Å². The zero-order chi connectivity index (χ0) is 29.3. The van der Waals surface area contributed by atoms with Crippen molar-refractivity contribution in [2.24, 2.45) is 0 Å². The highest BCUT2D eigenvalue weighted by Crippen LogP contribution is 2.27. The van der Waals surface area contributed by atoms with E-state index in [2.05, 4.69) is 5.32 Å². The highest BCUT2D eigenvalue weighted by molar-refractivity contribution is 7.92. The van der Waals surface area contributed by atoms with Gasteiger partial charge >= 0.3 is 0 Å². The van der Waals surface area contributed by atoms with Crippen molar-refractivity contribution >= 4 is 50.7 Å². The van der Waals surface area contributed by atoms with Crippen LogP contribution in [0.15, 0.2) is 77.7 Å². The van der Waals surface area contributed by atoms with Crippen LogP contribution in [0.2, 0.25) is 10.0 Å². The summed E-state index contributed by atoms with van der Waals surface area (Å²) in [5, 5.41) is 3.54. The van der Waals surface area contributed by atoms with Crippen molar-refractivity contribution in [1.82, 2.24) is 10.2 Å². The fourth-order valence-electron chi connectivity index (χ4n) is 3.94. The van der Waals surface area contributed by atoms with Crippen molar-refractivity contribution in [3.8, 4) is 5.75 Å². The van der Waals surface area contributed by atoms with Gasteiger partial charge in [-0.1, -0.05) is 54.7 Å².